The number of hydrogen-bond acceptors (Lipinski definition) is 11. The fourth-order valence-corrected chi connectivity index (χ4v) is 9.78. The number of sulfonamides is 1. The average Bonchev–Trinajstić information content (AvgIpc) is 4.02. The van der Waals surface area contributed by atoms with Crippen LogP contribution in [0.15, 0.2) is 41.8 Å². The van der Waals surface area contributed by atoms with E-state index >= 15 is 0 Å². The van der Waals surface area contributed by atoms with Gasteiger partial charge in [-0.15, -0.1) is 11.3 Å². The number of aromatic nitrogens is 2. The number of thiazole rings is 1. The summed E-state index contributed by atoms with van der Waals surface area (Å²) < 4.78 is 40.1. The van der Waals surface area contributed by atoms with E-state index in [1.54, 1.807) is 37.3 Å². The van der Waals surface area contributed by atoms with Crippen LogP contribution in [0.2, 0.25) is 0 Å². The molecule has 3 saturated carbocycles. The maximum Gasteiger partial charge on any atom is 0.259 e. The molecule has 3 aromatic rings. The number of pyridine rings is 1. The fraction of sp³-hybridized carbons (Fsp3) is 0.550. The summed E-state index contributed by atoms with van der Waals surface area (Å²) in [4.78, 5) is 65.8. The zero-order valence-corrected chi connectivity index (χ0v) is 34.1. The lowest BCUT2D eigenvalue weighted by Crippen LogP contribution is -2.54. The molecule has 3 aliphatic carbocycles. The number of amides is 4. The molecule has 1 aliphatic heterocycles. The highest BCUT2D eigenvalue weighted by Crippen LogP contribution is 2.47. The van der Waals surface area contributed by atoms with E-state index in [2.05, 4.69) is 20.3 Å². The minimum atomic E-state index is -3.85. The molecular weight excluding hydrogens is 757 g/mol. The number of carbonyl (C=O) groups excluding carboxylic acids is 4. The summed E-state index contributed by atoms with van der Waals surface area (Å²) in [6, 6.07) is 7.21. The summed E-state index contributed by atoms with van der Waals surface area (Å²) in [6.45, 7) is 6.51. The van der Waals surface area contributed by atoms with Crippen molar-refractivity contribution in [1.29, 1.82) is 0 Å². The molecule has 0 spiro atoms. The second-order valence-electron chi connectivity index (χ2n) is 16.8. The second kappa shape index (κ2) is 15.4. The molecule has 3 fully saturated rings. The van der Waals surface area contributed by atoms with Crippen molar-refractivity contribution in [1.82, 2.24) is 24.9 Å². The first-order valence-electron chi connectivity index (χ1n) is 19.3. The topological polar surface area (TPSA) is 186 Å². The van der Waals surface area contributed by atoms with Gasteiger partial charge < -0.3 is 25.0 Å². The number of hydrogen-bond donors (Lipinski definition) is 3. The van der Waals surface area contributed by atoms with Crippen molar-refractivity contribution in [2.75, 3.05) is 26.0 Å². The zero-order valence-electron chi connectivity index (χ0n) is 32.4. The lowest BCUT2D eigenvalue weighted by molar-refractivity contribution is -0.140. The Morgan fingerprint density at radius 3 is 2.57 bits per heavy atom. The van der Waals surface area contributed by atoms with Crippen molar-refractivity contribution in [2.24, 2.45) is 23.2 Å². The molecule has 0 bridgehead atoms. The predicted octanol–water partition coefficient (Wildman–Crippen LogP) is 5.20. The van der Waals surface area contributed by atoms with Gasteiger partial charge in [-0.25, -0.2) is 18.4 Å². The number of allylic oxidation sites excluding steroid dienone is 1. The molecular formula is C40H50N6O8S2. The lowest BCUT2D eigenvalue weighted by atomic mass is 9.92. The summed E-state index contributed by atoms with van der Waals surface area (Å²) in [5, 5.41) is 8.17. The number of anilines is 1. The van der Waals surface area contributed by atoms with Crippen LogP contribution < -0.4 is 24.8 Å². The van der Waals surface area contributed by atoms with Gasteiger partial charge in [0.2, 0.25) is 27.7 Å². The number of benzene rings is 1. The number of carbonyl (C=O) groups is 4. The Bertz CT molecular complexity index is 2180. The van der Waals surface area contributed by atoms with E-state index in [-0.39, 0.29) is 42.4 Å². The van der Waals surface area contributed by atoms with Crippen molar-refractivity contribution in [3.05, 3.63) is 41.8 Å². The van der Waals surface area contributed by atoms with Crippen LogP contribution in [0.4, 0.5) is 5.13 Å². The Labute approximate surface area is 331 Å². The van der Waals surface area contributed by atoms with E-state index in [0.717, 1.165) is 19.3 Å². The largest absolute Gasteiger partial charge is 0.497 e. The first-order valence-corrected chi connectivity index (χ1v) is 21.7. The zero-order chi connectivity index (χ0) is 40.0. The molecule has 14 nitrogen and oxygen atoms in total. The summed E-state index contributed by atoms with van der Waals surface area (Å²) in [5.74, 6) is -2.41. The predicted molar refractivity (Wildman–Crippen MR) is 212 cm³/mol. The standard InChI is InChI=1S/C40H50N6O8S2/c1-39(2,3)21-34(47)43-38-42-32(22-55-38)31-19-33(27-14-11-24(53-5)18-30(27)41-31)54-25-16-28-29(17-25)36(49)46(4)15-9-7-6-8-10-23-20-40(23,44-35(28)48)37(50)45-56(51,52)26-12-13-26/h8,10-11,14,18-19,22-23,25-26,28-29H,6-7,9,12-13,15-17,20-21H2,1-5H3,(H,44,48)(H,45,50)(H,42,43,47)/b10-8-/t23-,25-,28-,29-,40-/m1/s1. The summed E-state index contributed by atoms with van der Waals surface area (Å²) in [7, 11) is -0.542. The third-order valence-electron chi connectivity index (χ3n) is 11.0. The van der Waals surface area contributed by atoms with E-state index in [1.165, 1.54) is 11.3 Å². The van der Waals surface area contributed by atoms with Crippen LogP contribution in [0.3, 0.4) is 0 Å². The Morgan fingerprint density at radius 2 is 1.84 bits per heavy atom. The normalized spacial score (nSPS) is 26.3. The maximum atomic E-state index is 14.3. The van der Waals surface area contributed by atoms with Gasteiger partial charge in [0.1, 0.15) is 28.8 Å². The smallest absolute Gasteiger partial charge is 0.259 e. The summed E-state index contributed by atoms with van der Waals surface area (Å²) >= 11 is 1.29. The highest BCUT2D eigenvalue weighted by atomic mass is 32.2. The fourth-order valence-electron chi connectivity index (χ4n) is 7.70. The molecule has 7 rings (SSSR count). The van der Waals surface area contributed by atoms with Gasteiger partial charge in [0.05, 0.1) is 35.4 Å². The highest BCUT2D eigenvalue weighted by molar-refractivity contribution is 7.91. The van der Waals surface area contributed by atoms with Crippen molar-refractivity contribution in [3.8, 4) is 22.9 Å². The van der Waals surface area contributed by atoms with Crippen molar-refractivity contribution >= 4 is 61.0 Å². The molecule has 16 heteroatoms. The van der Waals surface area contributed by atoms with Gasteiger partial charge in [-0.05, 0) is 68.9 Å². The van der Waals surface area contributed by atoms with Crippen LogP contribution >= 0.6 is 11.3 Å². The Balaban J connectivity index is 1.17. The van der Waals surface area contributed by atoms with Crippen LogP contribution in [0, 0.1) is 23.2 Å². The monoisotopic (exact) mass is 806 g/mol. The number of rotatable bonds is 9. The van der Waals surface area contributed by atoms with E-state index in [9.17, 15) is 27.6 Å². The van der Waals surface area contributed by atoms with Gasteiger partial charge >= 0.3 is 0 Å². The van der Waals surface area contributed by atoms with E-state index in [4.69, 9.17) is 14.5 Å². The molecule has 4 aliphatic rings. The molecule has 0 unspecified atom stereocenters. The molecule has 3 heterocycles. The van der Waals surface area contributed by atoms with Gasteiger partial charge in [0.15, 0.2) is 5.13 Å². The van der Waals surface area contributed by atoms with Crippen LogP contribution in [0.5, 0.6) is 11.5 Å². The molecule has 0 saturated heterocycles. The molecule has 5 atom stereocenters. The number of fused-ring (bicyclic) bond motifs is 3. The Kier molecular flexibility index (Phi) is 10.9. The summed E-state index contributed by atoms with van der Waals surface area (Å²) in [5.41, 5.74) is 0.00244. The number of ether oxygens (including phenoxy) is 2. The maximum absolute atomic E-state index is 14.3. The lowest BCUT2D eigenvalue weighted by Gasteiger charge is -2.26. The quantitative estimate of drug-likeness (QED) is 0.243. The van der Waals surface area contributed by atoms with Crippen molar-refractivity contribution in [3.63, 3.8) is 0 Å². The molecule has 4 amide bonds. The van der Waals surface area contributed by atoms with Crippen LogP contribution in [-0.4, -0.2) is 84.5 Å². The first-order chi connectivity index (χ1) is 26.5. The van der Waals surface area contributed by atoms with Crippen LogP contribution in [0.25, 0.3) is 22.3 Å². The molecule has 56 heavy (non-hydrogen) atoms. The first kappa shape index (κ1) is 39.7. The molecule has 3 N–H and O–H groups in total. The molecule has 0 radical (unpaired) electrons. The Hall–Kier alpha value is -4.57. The van der Waals surface area contributed by atoms with E-state index < -0.39 is 50.6 Å². The highest BCUT2D eigenvalue weighted by Gasteiger charge is 2.62. The number of nitrogens with one attached hydrogen (secondary N) is 3. The minimum Gasteiger partial charge on any atom is -0.497 e. The van der Waals surface area contributed by atoms with Crippen molar-refractivity contribution < 1.29 is 37.1 Å². The van der Waals surface area contributed by atoms with Crippen LogP contribution in [-0.2, 0) is 29.2 Å². The minimum absolute atomic E-state index is 0.135. The number of methoxy groups -OCH3 is 1. The van der Waals surface area contributed by atoms with Gasteiger partial charge in [-0.1, -0.05) is 32.9 Å². The average molecular weight is 807 g/mol. The van der Waals surface area contributed by atoms with E-state index in [0.29, 0.717) is 64.7 Å². The van der Waals surface area contributed by atoms with Crippen LogP contribution in [0.1, 0.15) is 78.6 Å². The molecule has 2 aromatic heterocycles. The van der Waals surface area contributed by atoms with E-state index in [1.807, 2.05) is 44.4 Å². The van der Waals surface area contributed by atoms with Gasteiger partial charge in [0, 0.05) is 48.8 Å². The number of nitrogens with zero attached hydrogens (tertiary/aromatic N) is 3. The van der Waals surface area contributed by atoms with Gasteiger partial charge in [0.25, 0.3) is 5.91 Å². The van der Waals surface area contributed by atoms with Crippen molar-refractivity contribution in [2.45, 2.75) is 95.5 Å². The second-order valence-corrected chi connectivity index (χ2v) is 19.6. The third kappa shape index (κ3) is 8.70. The van der Waals surface area contributed by atoms with Gasteiger partial charge in [-0.2, -0.15) is 0 Å². The third-order valence-corrected chi connectivity index (χ3v) is 13.5. The molecule has 300 valence electrons. The SMILES string of the molecule is COc1ccc2c(O[C@@H]3C[C@H]4C(=O)N[C@]5(C(=O)NS(=O)(=O)C6CC6)C[C@H]5/C=C\CCCCN(C)C(=O)[C@@H]4C3)cc(-c3csc(NC(=O)CC(C)(C)C)n3)nc2c1. The summed E-state index contributed by atoms with van der Waals surface area (Å²) in [6.07, 6.45) is 7.64. The Morgan fingerprint density at radius 1 is 1.07 bits per heavy atom. The molecule has 1 aromatic carbocycles. The van der Waals surface area contributed by atoms with Gasteiger partial charge in [-0.3, -0.25) is 23.9 Å².